The van der Waals surface area contributed by atoms with Crippen LogP contribution in [0.5, 0.6) is 0 Å². The fourth-order valence-electron chi connectivity index (χ4n) is 1.96. The summed E-state index contributed by atoms with van der Waals surface area (Å²) in [7, 11) is 0. The van der Waals surface area contributed by atoms with E-state index in [2.05, 4.69) is 22.7 Å². The van der Waals surface area contributed by atoms with Gasteiger partial charge in [0.15, 0.2) is 6.20 Å². The van der Waals surface area contributed by atoms with Crippen molar-refractivity contribution in [2.45, 2.75) is 0 Å². The first-order chi connectivity index (χ1) is 7.36. The first kappa shape index (κ1) is 8.24. The van der Waals surface area contributed by atoms with Crippen molar-refractivity contribution >= 4 is 22.1 Å². The molecule has 0 amide bonds. The van der Waals surface area contributed by atoms with Gasteiger partial charge >= 0.3 is 0 Å². The second kappa shape index (κ2) is 2.95. The average Bonchev–Trinajstić information content (AvgIpc) is 2.30. The summed E-state index contributed by atoms with van der Waals surface area (Å²) in [6, 6.07) is 16.3. The molecule has 0 saturated carbocycles. The molecule has 0 saturated heterocycles. The Kier molecular flexibility index (Phi) is 1.62. The van der Waals surface area contributed by atoms with Crippen LogP contribution in [0.25, 0.3) is 16.4 Å². The molecule has 0 spiro atoms. The van der Waals surface area contributed by atoms with Gasteiger partial charge in [-0.2, -0.15) is 4.40 Å². The molecule has 15 heavy (non-hydrogen) atoms. The van der Waals surface area contributed by atoms with Crippen LogP contribution in [0.3, 0.4) is 0 Å². The average molecular weight is 195 g/mol. The largest absolute Gasteiger partial charge is 0.398 e. The summed E-state index contributed by atoms with van der Waals surface area (Å²) in [4.78, 5) is 0. The zero-order valence-electron chi connectivity index (χ0n) is 8.22. The highest BCUT2D eigenvalue weighted by atomic mass is 14.9. The van der Waals surface area contributed by atoms with Crippen LogP contribution in [-0.4, -0.2) is 0 Å². The molecule has 0 aliphatic heterocycles. The van der Waals surface area contributed by atoms with E-state index < -0.39 is 0 Å². The molecule has 0 radical (unpaired) electrons. The van der Waals surface area contributed by atoms with Crippen molar-refractivity contribution in [3.8, 4) is 0 Å². The Morgan fingerprint density at radius 2 is 1.73 bits per heavy atom. The van der Waals surface area contributed by atoms with Crippen LogP contribution in [0.2, 0.25) is 0 Å². The first-order valence-corrected chi connectivity index (χ1v) is 4.94. The predicted octanol–water partition coefficient (Wildman–Crippen LogP) is 2.16. The second-order valence-corrected chi connectivity index (χ2v) is 3.61. The number of nitrogens with zero attached hydrogens (tertiary/aromatic N) is 1. The van der Waals surface area contributed by atoms with Crippen LogP contribution in [0.1, 0.15) is 0 Å². The number of fused-ring (bicyclic) bond motifs is 3. The van der Waals surface area contributed by atoms with Crippen LogP contribution in [0, 0.1) is 0 Å². The maximum Gasteiger partial charge on any atom is 0.220 e. The molecule has 2 aromatic heterocycles. The number of pyridine rings is 2. The van der Waals surface area contributed by atoms with E-state index >= 15 is 0 Å². The van der Waals surface area contributed by atoms with Gasteiger partial charge in [0.1, 0.15) is 0 Å². The van der Waals surface area contributed by atoms with E-state index in [1.807, 2.05) is 36.4 Å². The van der Waals surface area contributed by atoms with Crippen molar-refractivity contribution in [3.63, 3.8) is 0 Å². The summed E-state index contributed by atoms with van der Waals surface area (Å²) >= 11 is 0. The van der Waals surface area contributed by atoms with Crippen molar-refractivity contribution in [3.05, 3.63) is 54.7 Å². The fourth-order valence-corrected chi connectivity index (χ4v) is 1.96. The van der Waals surface area contributed by atoms with E-state index in [-0.39, 0.29) is 0 Å². The van der Waals surface area contributed by atoms with Gasteiger partial charge in [-0.15, -0.1) is 0 Å². The van der Waals surface area contributed by atoms with E-state index in [1.165, 1.54) is 0 Å². The Labute approximate surface area is 87.6 Å². The molecular formula is C13H11N2+. The molecule has 0 bridgehead atoms. The number of anilines is 1. The minimum atomic E-state index is 0.830. The van der Waals surface area contributed by atoms with E-state index in [0.29, 0.717) is 0 Å². The van der Waals surface area contributed by atoms with Crippen LogP contribution in [-0.2, 0) is 0 Å². The molecule has 1 aromatic carbocycles. The Hall–Kier alpha value is -2.09. The number of hydrogen-bond acceptors (Lipinski definition) is 1. The zero-order chi connectivity index (χ0) is 10.3. The van der Waals surface area contributed by atoms with Crippen molar-refractivity contribution in [1.82, 2.24) is 0 Å². The molecule has 72 valence electrons. The summed E-state index contributed by atoms with van der Waals surface area (Å²) < 4.78 is 2.14. The minimum absolute atomic E-state index is 0.830. The Morgan fingerprint density at radius 1 is 0.933 bits per heavy atom. The summed E-state index contributed by atoms with van der Waals surface area (Å²) in [5.74, 6) is 0. The molecule has 2 heterocycles. The standard InChI is InChI=1S/C13H10N2/c14-12-9-10-5-3-4-8-15(10)13-7-2-1-6-11(12)13/h1-9,14H/p+1. The van der Waals surface area contributed by atoms with Gasteiger partial charge in [0.2, 0.25) is 11.0 Å². The number of para-hydroxylation sites is 1. The summed E-state index contributed by atoms with van der Waals surface area (Å²) in [5, 5.41) is 1.10. The van der Waals surface area contributed by atoms with Gasteiger partial charge in [0.25, 0.3) is 0 Å². The lowest BCUT2D eigenvalue weighted by Gasteiger charge is -1.99. The Balaban J connectivity index is 2.64. The van der Waals surface area contributed by atoms with Crippen LogP contribution in [0.4, 0.5) is 5.69 Å². The Bertz CT molecular complexity index is 644. The van der Waals surface area contributed by atoms with E-state index in [1.54, 1.807) is 0 Å². The third-order valence-electron chi connectivity index (χ3n) is 2.67. The highest BCUT2D eigenvalue weighted by Gasteiger charge is 2.09. The van der Waals surface area contributed by atoms with Crippen molar-refractivity contribution in [2.75, 3.05) is 5.73 Å². The number of rotatable bonds is 0. The zero-order valence-corrected chi connectivity index (χ0v) is 8.22. The quantitative estimate of drug-likeness (QED) is 0.432. The van der Waals surface area contributed by atoms with E-state index in [0.717, 1.165) is 22.1 Å². The monoisotopic (exact) mass is 195 g/mol. The number of aromatic nitrogens is 1. The molecule has 0 aliphatic rings. The van der Waals surface area contributed by atoms with Gasteiger partial charge in [-0.1, -0.05) is 12.1 Å². The maximum atomic E-state index is 6.01. The van der Waals surface area contributed by atoms with Crippen molar-refractivity contribution < 1.29 is 4.40 Å². The van der Waals surface area contributed by atoms with E-state index in [9.17, 15) is 0 Å². The summed E-state index contributed by atoms with van der Waals surface area (Å²) in [6.45, 7) is 0. The lowest BCUT2D eigenvalue weighted by Crippen LogP contribution is -2.22. The molecule has 2 N–H and O–H groups in total. The molecule has 2 nitrogen and oxygen atoms in total. The van der Waals surface area contributed by atoms with Crippen molar-refractivity contribution in [2.24, 2.45) is 0 Å². The van der Waals surface area contributed by atoms with Crippen molar-refractivity contribution in [1.29, 1.82) is 0 Å². The van der Waals surface area contributed by atoms with Crippen LogP contribution >= 0.6 is 0 Å². The molecule has 3 rings (SSSR count). The van der Waals surface area contributed by atoms with Gasteiger partial charge < -0.3 is 5.73 Å². The third kappa shape index (κ3) is 1.15. The predicted molar refractivity (Wildman–Crippen MR) is 61.5 cm³/mol. The fraction of sp³-hybridized carbons (Fsp3) is 0. The lowest BCUT2D eigenvalue weighted by atomic mass is 10.1. The highest BCUT2D eigenvalue weighted by molar-refractivity contribution is 5.89. The normalized spacial score (nSPS) is 10.9. The minimum Gasteiger partial charge on any atom is -0.398 e. The highest BCUT2D eigenvalue weighted by Crippen LogP contribution is 2.18. The molecule has 3 aromatic rings. The smallest absolute Gasteiger partial charge is 0.220 e. The molecule has 0 aliphatic carbocycles. The molecule has 2 heteroatoms. The van der Waals surface area contributed by atoms with Crippen LogP contribution < -0.4 is 10.1 Å². The number of nitrogen functional groups attached to an aromatic ring is 1. The van der Waals surface area contributed by atoms with Gasteiger partial charge in [-0.3, -0.25) is 0 Å². The molecular weight excluding hydrogens is 184 g/mol. The van der Waals surface area contributed by atoms with Gasteiger partial charge in [-0.25, -0.2) is 0 Å². The number of nitrogens with two attached hydrogens (primary N) is 1. The molecule has 0 unspecified atom stereocenters. The van der Waals surface area contributed by atoms with Gasteiger partial charge in [0, 0.05) is 24.3 Å². The number of hydrogen-bond donors (Lipinski definition) is 1. The van der Waals surface area contributed by atoms with Gasteiger partial charge in [-0.05, 0) is 12.1 Å². The lowest BCUT2D eigenvalue weighted by molar-refractivity contribution is -0.481. The first-order valence-electron chi connectivity index (χ1n) is 4.94. The number of benzene rings is 1. The topological polar surface area (TPSA) is 30.1 Å². The molecule has 0 atom stereocenters. The second-order valence-electron chi connectivity index (χ2n) is 3.61. The van der Waals surface area contributed by atoms with Gasteiger partial charge in [0.05, 0.1) is 11.1 Å². The van der Waals surface area contributed by atoms with Crippen LogP contribution in [0.15, 0.2) is 54.7 Å². The SMILES string of the molecule is Nc1cc2cccc[n+]2c2ccccc12. The summed E-state index contributed by atoms with van der Waals surface area (Å²) in [5.41, 5.74) is 9.10. The Morgan fingerprint density at radius 3 is 2.67 bits per heavy atom. The summed E-state index contributed by atoms with van der Waals surface area (Å²) in [6.07, 6.45) is 2.05. The van der Waals surface area contributed by atoms with E-state index in [4.69, 9.17) is 5.73 Å². The maximum absolute atomic E-state index is 6.01. The molecule has 0 fully saturated rings. The third-order valence-corrected chi connectivity index (χ3v) is 2.67.